The zero-order valence-electron chi connectivity index (χ0n) is 15.1. The molecule has 2 unspecified atom stereocenters. The summed E-state index contributed by atoms with van der Waals surface area (Å²) in [6.07, 6.45) is 8.16. The van der Waals surface area contributed by atoms with Crippen molar-refractivity contribution in [1.82, 2.24) is 0 Å². The third kappa shape index (κ3) is 4.18. The first-order valence-electron chi connectivity index (χ1n) is 9.58. The fourth-order valence-corrected chi connectivity index (χ4v) is 5.34. The van der Waals surface area contributed by atoms with Crippen molar-refractivity contribution in [2.24, 2.45) is 34.8 Å². The summed E-state index contributed by atoms with van der Waals surface area (Å²) in [6, 6.07) is 0. The molecule has 2 saturated carbocycles. The third-order valence-corrected chi connectivity index (χ3v) is 7.09. The van der Waals surface area contributed by atoms with Gasteiger partial charge < -0.3 is 15.9 Å². The second-order valence-corrected chi connectivity index (χ2v) is 8.48. The summed E-state index contributed by atoms with van der Waals surface area (Å²) in [5, 5.41) is 20.0. The van der Waals surface area contributed by atoms with E-state index in [0.717, 1.165) is 38.6 Å². The van der Waals surface area contributed by atoms with Gasteiger partial charge in [-0.3, -0.25) is 0 Å². The van der Waals surface area contributed by atoms with E-state index in [4.69, 9.17) is 5.73 Å². The minimum absolute atomic E-state index is 0.0952. The number of rotatable bonds is 3. The van der Waals surface area contributed by atoms with E-state index < -0.39 is 0 Å². The van der Waals surface area contributed by atoms with E-state index in [9.17, 15) is 10.2 Å². The van der Waals surface area contributed by atoms with Gasteiger partial charge in [0.1, 0.15) is 0 Å². The molecule has 23 heavy (non-hydrogen) atoms. The summed E-state index contributed by atoms with van der Waals surface area (Å²) in [6.45, 7) is 9.85. The standard InChI is InChI=1S/C20H37NO2/c1-14-5-4-6-19(18(12-21)15(2)8-7-14)20(3)10-9-17(23)11-16(20)13-22/h15-19,22-23H,1,4-13,21H2,2-3H3/t15?,16-,17+,18+,19?,20+/m1/s1. The Labute approximate surface area is 142 Å². The van der Waals surface area contributed by atoms with Crippen LogP contribution in [0.15, 0.2) is 12.2 Å². The van der Waals surface area contributed by atoms with Gasteiger partial charge in [0.2, 0.25) is 0 Å². The van der Waals surface area contributed by atoms with Crippen molar-refractivity contribution >= 4 is 0 Å². The van der Waals surface area contributed by atoms with Crippen LogP contribution in [0.3, 0.4) is 0 Å². The zero-order valence-corrected chi connectivity index (χ0v) is 15.1. The Morgan fingerprint density at radius 1 is 1.26 bits per heavy atom. The molecular formula is C20H37NO2. The van der Waals surface area contributed by atoms with E-state index >= 15 is 0 Å². The first kappa shape index (κ1) is 19.0. The summed E-state index contributed by atoms with van der Waals surface area (Å²) < 4.78 is 0. The Kier molecular flexibility index (Phi) is 6.70. The van der Waals surface area contributed by atoms with E-state index in [1.54, 1.807) is 0 Å². The van der Waals surface area contributed by atoms with Crippen LogP contribution in [0.25, 0.3) is 0 Å². The molecule has 4 N–H and O–H groups in total. The van der Waals surface area contributed by atoms with Crippen molar-refractivity contribution in [3.05, 3.63) is 12.2 Å². The summed E-state index contributed by atoms with van der Waals surface area (Å²) in [5.41, 5.74) is 7.72. The molecular weight excluding hydrogens is 286 g/mol. The maximum atomic E-state index is 10.0. The highest BCUT2D eigenvalue weighted by Gasteiger charge is 2.47. The second kappa shape index (κ2) is 8.13. The van der Waals surface area contributed by atoms with Gasteiger partial charge in [0.15, 0.2) is 0 Å². The second-order valence-electron chi connectivity index (χ2n) is 8.48. The molecule has 0 amide bonds. The molecule has 2 aliphatic carbocycles. The maximum Gasteiger partial charge on any atom is 0.0544 e. The molecule has 2 aliphatic rings. The highest BCUT2D eigenvalue weighted by Crippen LogP contribution is 2.52. The van der Waals surface area contributed by atoms with Gasteiger partial charge in [-0.1, -0.05) is 26.0 Å². The Morgan fingerprint density at radius 2 is 2.00 bits per heavy atom. The topological polar surface area (TPSA) is 66.5 Å². The Hall–Kier alpha value is -0.380. The number of nitrogens with two attached hydrogens (primary N) is 1. The van der Waals surface area contributed by atoms with Crippen LogP contribution in [-0.4, -0.2) is 29.5 Å². The normalized spacial score (nSPS) is 43.5. The van der Waals surface area contributed by atoms with E-state index in [-0.39, 0.29) is 24.0 Å². The Bertz CT molecular complexity index is 397. The van der Waals surface area contributed by atoms with Crippen LogP contribution in [0.5, 0.6) is 0 Å². The van der Waals surface area contributed by atoms with E-state index in [2.05, 4.69) is 20.4 Å². The zero-order chi connectivity index (χ0) is 17.0. The summed E-state index contributed by atoms with van der Waals surface area (Å²) >= 11 is 0. The molecule has 6 atom stereocenters. The highest BCUT2D eigenvalue weighted by atomic mass is 16.3. The fourth-order valence-electron chi connectivity index (χ4n) is 5.34. The lowest BCUT2D eigenvalue weighted by molar-refractivity contribution is -0.0666. The molecule has 3 nitrogen and oxygen atoms in total. The molecule has 3 heteroatoms. The third-order valence-electron chi connectivity index (χ3n) is 7.09. The Balaban J connectivity index is 2.28. The minimum atomic E-state index is -0.245. The van der Waals surface area contributed by atoms with Crippen molar-refractivity contribution in [3.8, 4) is 0 Å². The largest absolute Gasteiger partial charge is 0.396 e. The van der Waals surface area contributed by atoms with Gasteiger partial charge in [0.05, 0.1) is 6.10 Å². The lowest BCUT2D eigenvalue weighted by Gasteiger charge is -2.51. The van der Waals surface area contributed by atoms with Crippen molar-refractivity contribution in [2.45, 2.75) is 71.3 Å². The number of hydrogen-bond acceptors (Lipinski definition) is 3. The Morgan fingerprint density at radius 3 is 2.65 bits per heavy atom. The van der Waals surface area contributed by atoms with E-state index in [1.807, 2.05) is 0 Å². The maximum absolute atomic E-state index is 10.0. The predicted molar refractivity (Wildman–Crippen MR) is 96.0 cm³/mol. The van der Waals surface area contributed by atoms with Crippen LogP contribution in [0, 0.1) is 29.1 Å². The van der Waals surface area contributed by atoms with Crippen LogP contribution in [0.2, 0.25) is 0 Å². The lowest BCUT2D eigenvalue weighted by Crippen LogP contribution is -2.48. The molecule has 2 fully saturated rings. The number of aliphatic hydroxyl groups excluding tert-OH is 2. The number of allylic oxidation sites excluding steroid dienone is 1. The van der Waals surface area contributed by atoms with Crippen molar-refractivity contribution < 1.29 is 10.2 Å². The smallest absolute Gasteiger partial charge is 0.0544 e. The lowest BCUT2D eigenvalue weighted by atomic mass is 9.55. The van der Waals surface area contributed by atoms with E-state index in [0.29, 0.717) is 17.8 Å². The molecule has 134 valence electrons. The van der Waals surface area contributed by atoms with Crippen molar-refractivity contribution in [2.75, 3.05) is 13.2 Å². The van der Waals surface area contributed by atoms with Gasteiger partial charge in [-0.25, -0.2) is 0 Å². The van der Waals surface area contributed by atoms with Crippen LogP contribution >= 0.6 is 0 Å². The van der Waals surface area contributed by atoms with Crippen LogP contribution in [0.1, 0.15) is 65.2 Å². The molecule has 2 rings (SSSR count). The summed E-state index contributed by atoms with van der Waals surface area (Å²) in [7, 11) is 0. The SMILES string of the molecule is C=C1CCCC([C@@]2(C)CC[C@H](O)C[C@@H]2CO)[C@@H](CN)C(C)CC1. The van der Waals surface area contributed by atoms with E-state index in [1.165, 1.54) is 24.8 Å². The molecule has 0 heterocycles. The fraction of sp³-hybridized carbons (Fsp3) is 0.900. The minimum Gasteiger partial charge on any atom is -0.396 e. The molecule has 0 aromatic carbocycles. The average molecular weight is 324 g/mol. The van der Waals surface area contributed by atoms with Gasteiger partial charge in [-0.15, -0.1) is 0 Å². The van der Waals surface area contributed by atoms with Crippen molar-refractivity contribution in [3.63, 3.8) is 0 Å². The average Bonchev–Trinajstić information content (AvgIpc) is 2.60. The van der Waals surface area contributed by atoms with Crippen molar-refractivity contribution in [1.29, 1.82) is 0 Å². The molecule has 0 aromatic rings. The predicted octanol–water partition coefficient (Wildman–Crippen LogP) is 3.49. The van der Waals surface area contributed by atoms with Gasteiger partial charge in [0.25, 0.3) is 0 Å². The molecule has 0 saturated heterocycles. The number of aliphatic hydroxyl groups is 2. The first-order valence-corrected chi connectivity index (χ1v) is 9.58. The highest BCUT2D eigenvalue weighted by molar-refractivity contribution is 5.01. The summed E-state index contributed by atoms with van der Waals surface area (Å²) in [5.74, 6) is 1.84. The van der Waals surface area contributed by atoms with Gasteiger partial charge >= 0.3 is 0 Å². The monoisotopic (exact) mass is 323 g/mol. The van der Waals surface area contributed by atoms with Crippen LogP contribution in [-0.2, 0) is 0 Å². The quantitative estimate of drug-likeness (QED) is 0.697. The molecule has 0 aromatic heterocycles. The molecule has 0 spiro atoms. The van der Waals surface area contributed by atoms with Crippen LogP contribution in [0.4, 0.5) is 0 Å². The molecule has 0 bridgehead atoms. The molecule has 0 aliphatic heterocycles. The summed E-state index contributed by atoms with van der Waals surface area (Å²) in [4.78, 5) is 0. The van der Waals surface area contributed by atoms with Gasteiger partial charge in [-0.05, 0) is 87.0 Å². The van der Waals surface area contributed by atoms with Gasteiger partial charge in [-0.2, -0.15) is 0 Å². The number of hydrogen-bond donors (Lipinski definition) is 3. The van der Waals surface area contributed by atoms with Gasteiger partial charge in [0, 0.05) is 6.61 Å². The first-order chi connectivity index (χ1) is 10.9. The molecule has 0 radical (unpaired) electrons. The van der Waals surface area contributed by atoms with Crippen LogP contribution < -0.4 is 5.73 Å².